The molecule has 104 valence electrons. The van der Waals surface area contributed by atoms with E-state index in [1.165, 1.54) is 23.2 Å². The van der Waals surface area contributed by atoms with Crippen LogP contribution in [0.1, 0.15) is 24.4 Å². The Hall–Kier alpha value is -0.340. The maximum atomic E-state index is 10.3. The number of rotatable bonds is 6. The molecule has 1 aromatic heterocycles. The van der Waals surface area contributed by atoms with E-state index in [-0.39, 0.29) is 20.4 Å². The molecule has 1 aromatic rings. The summed E-state index contributed by atoms with van der Waals surface area (Å²) in [6.07, 6.45) is 0.518. The van der Waals surface area contributed by atoms with Gasteiger partial charge in [0.1, 0.15) is 0 Å². The van der Waals surface area contributed by atoms with Crippen LogP contribution in [0.5, 0.6) is 0 Å². The van der Waals surface area contributed by atoms with E-state index in [4.69, 9.17) is 10.8 Å². The van der Waals surface area contributed by atoms with Crippen LogP contribution in [-0.2, 0) is 11.2 Å². The summed E-state index contributed by atoms with van der Waals surface area (Å²) in [7, 11) is 0. The van der Waals surface area contributed by atoms with E-state index in [2.05, 4.69) is 29.8 Å². The quantitative estimate of drug-likeness (QED) is 0.737. The molecule has 0 aliphatic rings. The van der Waals surface area contributed by atoms with Gasteiger partial charge in [0.25, 0.3) is 0 Å². The molecule has 1 atom stereocenters. The fraction of sp³-hybridized carbons (Fsp3) is 0.615. The van der Waals surface area contributed by atoms with Crippen LogP contribution in [-0.4, -0.2) is 62.1 Å². The number of aliphatic carboxylic acids is 1. The van der Waals surface area contributed by atoms with Crippen molar-refractivity contribution in [1.82, 2.24) is 4.90 Å². The Labute approximate surface area is 119 Å². The summed E-state index contributed by atoms with van der Waals surface area (Å²) in [6.45, 7) is 10.1. The Morgan fingerprint density at radius 3 is 2.22 bits per heavy atom. The van der Waals surface area contributed by atoms with Crippen LogP contribution >= 0.6 is 0 Å². The average Bonchev–Trinajstić information content (AvgIpc) is 2.85. The zero-order valence-electron chi connectivity index (χ0n) is 11.4. The fourth-order valence-electron chi connectivity index (χ4n) is 1.40. The number of carbonyl (C=O) groups is 1. The number of nitrogens with two attached hydrogens (primary N) is 1. The molecule has 1 heterocycles. The number of carboxylic acids is 1. The van der Waals surface area contributed by atoms with Gasteiger partial charge in [-0.2, -0.15) is 0 Å². The van der Waals surface area contributed by atoms with Gasteiger partial charge in [-0.25, -0.2) is 0 Å². The molecule has 0 unspecified atom stereocenters. The second kappa shape index (κ2) is 10.6. The predicted molar refractivity (Wildman–Crippen MR) is 76.2 cm³/mol. The summed E-state index contributed by atoms with van der Waals surface area (Å²) in [4.78, 5) is 12.7. The number of carboxylic acid groups (broad SMARTS) is 1. The van der Waals surface area contributed by atoms with Gasteiger partial charge in [0.2, 0.25) is 0 Å². The topological polar surface area (TPSA) is 66.6 Å². The number of hydrogen-bond acceptors (Lipinski definition) is 3. The Bertz CT molecular complexity index is 305. The summed E-state index contributed by atoms with van der Waals surface area (Å²) < 4.78 is 3.35. The molecule has 0 spiro atoms. The van der Waals surface area contributed by atoms with E-state index in [1.807, 2.05) is 12.1 Å². The third-order valence-corrected chi connectivity index (χ3v) is 5.23. The third kappa shape index (κ3) is 7.88. The van der Waals surface area contributed by atoms with Gasteiger partial charge in [-0.15, -0.1) is 0 Å². The Morgan fingerprint density at radius 1 is 1.39 bits per heavy atom. The van der Waals surface area contributed by atoms with E-state index in [1.54, 1.807) is 0 Å². The molecule has 0 saturated carbocycles. The van der Waals surface area contributed by atoms with Crippen LogP contribution in [0.3, 0.4) is 0 Å². The minimum absolute atomic E-state index is 0.208. The molecule has 3 N–H and O–H groups in total. The molecule has 1 rings (SSSR count). The van der Waals surface area contributed by atoms with Crippen molar-refractivity contribution in [1.29, 1.82) is 0 Å². The van der Waals surface area contributed by atoms with Crippen LogP contribution in [0.2, 0.25) is 0 Å². The molecule has 4 nitrogen and oxygen atoms in total. The maximum absolute atomic E-state index is 10.3. The van der Waals surface area contributed by atoms with E-state index < -0.39 is 12.0 Å². The predicted octanol–water partition coefficient (Wildman–Crippen LogP) is 1.05. The molecule has 18 heavy (non-hydrogen) atoms. The number of nitrogens with zero attached hydrogens (tertiary/aromatic N) is 1. The van der Waals surface area contributed by atoms with Gasteiger partial charge in [0.15, 0.2) is 0 Å². The zero-order chi connectivity index (χ0) is 14.0. The van der Waals surface area contributed by atoms with Gasteiger partial charge >= 0.3 is 74.3 Å². The van der Waals surface area contributed by atoms with Crippen LogP contribution in [0.15, 0.2) is 16.2 Å². The molecule has 0 aliphatic heterocycles. The summed E-state index contributed by atoms with van der Waals surface area (Å²) >= 11 is -0.208. The monoisotopic (exact) mass is 370 g/mol. The Morgan fingerprint density at radius 2 is 1.94 bits per heavy atom. The molecular formula is C13H24N2O2Te. The van der Waals surface area contributed by atoms with Gasteiger partial charge in [0.05, 0.1) is 0 Å². The van der Waals surface area contributed by atoms with Crippen LogP contribution < -0.4 is 5.73 Å². The normalized spacial score (nSPS) is 11.8. The fourth-order valence-corrected chi connectivity index (χ4v) is 3.59. The first kappa shape index (κ1) is 17.7. The van der Waals surface area contributed by atoms with Crippen molar-refractivity contribution in [3.05, 3.63) is 19.8 Å². The molecule has 0 aliphatic carbocycles. The van der Waals surface area contributed by atoms with E-state index in [0.29, 0.717) is 6.42 Å². The summed E-state index contributed by atoms with van der Waals surface area (Å²) in [5.41, 5.74) is 5.35. The Kier molecular flexibility index (Phi) is 10.4. The first-order chi connectivity index (χ1) is 8.54. The molecule has 0 amide bonds. The molecule has 0 fully saturated rings. The van der Waals surface area contributed by atoms with Crippen molar-refractivity contribution in [2.75, 3.05) is 19.6 Å². The molecule has 0 radical (unpaired) electrons. The summed E-state index contributed by atoms with van der Waals surface area (Å²) in [5, 5.41) is 8.48. The van der Waals surface area contributed by atoms with Crippen molar-refractivity contribution >= 4 is 26.4 Å². The third-order valence-electron chi connectivity index (χ3n) is 2.66. The summed E-state index contributed by atoms with van der Waals surface area (Å²) in [6, 6.07) is 3.24. The summed E-state index contributed by atoms with van der Waals surface area (Å²) in [5.74, 6) is -0.912. The Balaban J connectivity index is 0.000000360. The SMILES string of the molecule is CCN(CC)CC.N[C@@H](Cc1ccc[te]1)C(=O)O. The second-order valence-corrected chi connectivity index (χ2v) is 6.79. The first-order valence-corrected chi connectivity index (χ1v) is 8.79. The van der Waals surface area contributed by atoms with Gasteiger partial charge in [-0.3, -0.25) is 0 Å². The van der Waals surface area contributed by atoms with Crippen LogP contribution in [0.4, 0.5) is 0 Å². The molecule has 0 saturated heterocycles. The van der Waals surface area contributed by atoms with Crippen molar-refractivity contribution in [2.24, 2.45) is 5.73 Å². The zero-order valence-corrected chi connectivity index (χ0v) is 13.8. The standard InChI is InChI=1S/C7H9NO2Te.C6H15N/c8-6(7(9)10)4-5-2-1-3-11-5;1-4-7(5-2)6-3/h1-3,6H,4,8H2,(H,9,10);4-6H2,1-3H3/t6-;/m0./s1. The van der Waals surface area contributed by atoms with Crippen molar-refractivity contribution in [2.45, 2.75) is 33.2 Å². The molecule has 0 bridgehead atoms. The van der Waals surface area contributed by atoms with Crippen molar-refractivity contribution in [3.63, 3.8) is 0 Å². The van der Waals surface area contributed by atoms with Gasteiger partial charge < -0.3 is 4.90 Å². The molecular weight excluding hydrogens is 344 g/mol. The second-order valence-electron chi connectivity index (χ2n) is 3.85. The first-order valence-electron chi connectivity index (χ1n) is 6.28. The average molecular weight is 368 g/mol. The van der Waals surface area contributed by atoms with Gasteiger partial charge in [-0.05, 0) is 19.6 Å². The van der Waals surface area contributed by atoms with E-state index >= 15 is 0 Å². The van der Waals surface area contributed by atoms with Gasteiger partial charge in [0, 0.05) is 0 Å². The van der Waals surface area contributed by atoms with Crippen LogP contribution in [0, 0.1) is 0 Å². The van der Waals surface area contributed by atoms with Crippen molar-refractivity contribution in [3.8, 4) is 0 Å². The number of hydrogen-bond donors (Lipinski definition) is 2. The molecule has 5 heteroatoms. The van der Waals surface area contributed by atoms with Gasteiger partial charge in [-0.1, -0.05) is 20.8 Å². The van der Waals surface area contributed by atoms with Crippen LogP contribution in [0.25, 0.3) is 0 Å². The van der Waals surface area contributed by atoms with Crippen molar-refractivity contribution < 1.29 is 9.90 Å². The van der Waals surface area contributed by atoms with E-state index in [9.17, 15) is 4.79 Å². The van der Waals surface area contributed by atoms with E-state index in [0.717, 1.165) is 0 Å². The minimum atomic E-state index is -0.912. The molecule has 0 aromatic carbocycles.